The van der Waals surface area contributed by atoms with Gasteiger partial charge in [-0.15, -0.1) is 0 Å². The molecule has 2 saturated heterocycles. The number of amides is 2. The van der Waals surface area contributed by atoms with Gasteiger partial charge in [0.15, 0.2) is 0 Å². The van der Waals surface area contributed by atoms with Crippen LogP contribution in [0.3, 0.4) is 0 Å². The Kier molecular flexibility index (Phi) is 10.1. The van der Waals surface area contributed by atoms with Gasteiger partial charge in [-0.2, -0.15) is 5.26 Å². The van der Waals surface area contributed by atoms with Gasteiger partial charge in [-0.3, -0.25) is 14.5 Å². The molecule has 2 fully saturated rings. The van der Waals surface area contributed by atoms with Gasteiger partial charge in [-0.1, -0.05) is 25.1 Å². The van der Waals surface area contributed by atoms with Crippen LogP contribution in [-0.4, -0.2) is 69.7 Å². The minimum absolute atomic E-state index is 0.111. The highest BCUT2D eigenvalue weighted by atomic mass is 16.6. The van der Waals surface area contributed by atoms with Crippen molar-refractivity contribution in [2.24, 2.45) is 5.92 Å². The van der Waals surface area contributed by atoms with Crippen LogP contribution in [0.1, 0.15) is 87.0 Å². The molecule has 2 aliphatic heterocycles. The average Bonchev–Trinajstić information content (AvgIpc) is 3.49. The lowest BCUT2D eigenvalue weighted by atomic mass is 9.94. The Morgan fingerprint density at radius 3 is 2.25 bits per heavy atom. The second-order valence-electron chi connectivity index (χ2n) is 13.0. The molecule has 0 spiro atoms. The fourth-order valence-corrected chi connectivity index (χ4v) is 5.48. The zero-order chi connectivity index (χ0) is 29.7. The molecule has 220 valence electrons. The summed E-state index contributed by atoms with van der Waals surface area (Å²) in [6.45, 7) is 13.3. The van der Waals surface area contributed by atoms with Crippen LogP contribution in [0.15, 0.2) is 30.3 Å². The van der Waals surface area contributed by atoms with E-state index in [1.54, 1.807) is 25.7 Å². The Hall–Kier alpha value is -3.28. The summed E-state index contributed by atoms with van der Waals surface area (Å²) in [5.41, 5.74) is -1.35. The van der Waals surface area contributed by atoms with Gasteiger partial charge in [0.1, 0.15) is 35.1 Å². The number of likely N-dealkylation sites (tertiary alicyclic amines) is 2. The van der Waals surface area contributed by atoms with Crippen molar-refractivity contribution in [1.29, 1.82) is 5.26 Å². The molecule has 40 heavy (non-hydrogen) atoms. The molecular weight excluding hydrogens is 510 g/mol. The molecule has 2 amide bonds. The molecule has 1 aromatic carbocycles. The largest absolute Gasteiger partial charge is 0.488 e. The molecule has 2 heterocycles. The standard InChI is InChI=1S/C31H45N3O6/c1-21(19-27(35)39-30(2,3)4)18-26(38-23-13-9-8-10-14-23)24-15-16-25(34(24)29(37)40-31(5,6)7)28(36)33-17-11-12-22(33)20-32/h8-10,13-14,21-22,24-26H,11-12,15-19H2,1-7H3. The summed E-state index contributed by atoms with van der Waals surface area (Å²) >= 11 is 0. The summed E-state index contributed by atoms with van der Waals surface area (Å²) in [7, 11) is 0. The van der Waals surface area contributed by atoms with Crippen LogP contribution in [0.4, 0.5) is 4.79 Å². The quantitative estimate of drug-likeness (QED) is 0.391. The number of benzene rings is 1. The molecule has 0 saturated carbocycles. The van der Waals surface area contributed by atoms with Gasteiger partial charge in [0.2, 0.25) is 5.91 Å². The third-order valence-electron chi connectivity index (χ3n) is 7.03. The third kappa shape index (κ3) is 8.61. The number of nitrogens with zero attached hydrogens (tertiary/aromatic N) is 3. The predicted octanol–water partition coefficient (Wildman–Crippen LogP) is 5.47. The monoisotopic (exact) mass is 555 g/mol. The topological polar surface area (TPSA) is 109 Å². The van der Waals surface area contributed by atoms with Crippen molar-refractivity contribution in [3.05, 3.63) is 30.3 Å². The van der Waals surface area contributed by atoms with Gasteiger partial charge in [0.25, 0.3) is 0 Å². The van der Waals surface area contributed by atoms with E-state index in [2.05, 4.69) is 6.07 Å². The van der Waals surface area contributed by atoms with Crippen LogP contribution in [0, 0.1) is 17.2 Å². The number of para-hydroxylation sites is 1. The molecule has 1 aromatic rings. The van der Waals surface area contributed by atoms with Gasteiger partial charge in [0.05, 0.1) is 12.1 Å². The summed E-state index contributed by atoms with van der Waals surface area (Å²) in [6.07, 6.45) is 1.93. The molecule has 0 aromatic heterocycles. The van der Waals surface area contributed by atoms with Crippen molar-refractivity contribution in [3.8, 4) is 11.8 Å². The minimum atomic E-state index is -0.763. The number of nitriles is 1. The number of rotatable bonds is 8. The van der Waals surface area contributed by atoms with Crippen LogP contribution in [0.25, 0.3) is 0 Å². The third-order valence-corrected chi connectivity index (χ3v) is 7.03. The van der Waals surface area contributed by atoms with Crippen molar-refractivity contribution < 1.29 is 28.6 Å². The van der Waals surface area contributed by atoms with Crippen LogP contribution in [0.2, 0.25) is 0 Å². The van der Waals surface area contributed by atoms with Crippen molar-refractivity contribution in [3.63, 3.8) is 0 Å². The van der Waals surface area contributed by atoms with Gasteiger partial charge < -0.3 is 19.1 Å². The summed E-state index contributed by atoms with van der Waals surface area (Å²) in [4.78, 5) is 43.1. The first-order valence-electron chi connectivity index (χ1n) is 14.3. The molecule has 3 rings (SSSR count). The van der Waals surface area contributed by atoms with Gasteiger partial charge in [-0.25, -0.2) is 4.79 Å². The molecule has 5 atom stereocenters. The average molecular weight is 556 g/mol. The number of hydrogen-bond donors (Lipinski definition) is 0. The highest BCUT2D eigenvalue weighted by molar-refractivity contribution is 5.87. The zero-order valence-corrected chi connectivity index (χ0v) is 25.0. The fourth-order valence-electron chi connectivity index (χ4n) is 5.48. The van der Waals surface area contributed by atoms with Gasteiger partial charge in [-0.05, 0) is 91.7 Å². The Bertz CT molecular complexity index is 1070. The highest BCUT2D eigenvalue weighted by Crippen LogP contribution is 2.35. The fraction of sp³-hybridized carbons (Fsp3) is 0.677. The molecule has 9 nitrogen and oxygen atoms in total. The Morgan fingerprint density at radius 2 is 1.65 bits per heavy atom. The van der Waals surface area contributed by atoms with E-state index >= 15 is 0 Å². The van der Waals surface area contributed by atoms with Crippen molar-refractivity contribution in [2.45, 2.75) is 122 Å². The van der Waals surface area contributed by atoms with Crippen LogP contribution >= 0.6 is 0 Å². The van der Waals surface area contributed by atoms with E-state index in [9.17, 15) is 19.6 Å². The van der Waals surface area contributed by atoms with E-state index in [1.165, 1.54) is 4.90 Å². The SMILES string of the molecule is CC(CC(=O)OC(C)(C)C)CC(Oc1ccccc1)C1CCC(C(=O)N2CCCC2C#N)N1C(=O)OC(C)(C)C. The number of carbonyl (C=O) groups excluding carboxylic acids is 3. The number of carbonyl (C=O) groups is 3. The molecular formula is C31H45N3O6. The van der Waals surface area contributed by atoms with Crippen molar-refractivity contribution in [1.82, 2.24) is 9.80 Å². The second kappa shape index (κ2) is 12.9. The normalized spacial score (nSPS) is 22.8. The van der Waals surface area contributed by atoms with Crippen molar-refractivity contribution in [2.75, 3.05) is 6.54 Å². The first kappa shape index (κ1) is 31.3. The number of ether oxygens (including phenoxy) is 3. The van der Waals surface area contributed by atoms with E-state index in [0.29, 0.717) is 38.0 Å². The Morgan fingerprint density at radius 1 is 1.00 bits per heavy atom. The number of hydrogen-bond acceptors (Lipinski definition) is 7. The minimum Gasteiger partial charge on any atom is -0.488 e. The smallest absolute Gasteiger partial charge is 0.411 e. The molecule has 5 unspecified atom stereocenters. The molecule has 0 N–H and O–H groups in total. The van der Waals surface area contributed by atoms with Gasteiger partial charge in [0, 0.05) is 13.0 Å². The summed E-state index contributed by atoms with van der Waals surface area (Å²) in [5, 5.41) is 9.60. The van der Waals surface area contributed by atoms with Crippen LogP contribution in [-0.2, 0) is 19.1 Å². The van der Waals surface area contributed by atoms with Crippen molar-refractivity contribution >= 4 is 18.0 Å². The molecule has 9 heteroatoms. The van der Waals surface area contributed by atoms with E-state index < -0.39 is 41.5 Å². The first-order valence-corrected chi connectivity index (χ1v) is 14.3. The Labute approximate surface area is 238 Å². The molecule has 2 aliphatic rings. The maximum atomic E-state index is 13.7. The van der Waals surface area contributed by atoms with E-state index in [-0.39, 0.29) is 24.2 Å². The number of esters is 1. The van der Waals surface area contributed by atoms with E-state index in [0.717, 1.165) is 6.42 Å². The van der Waals surface area contributed by atoms with Gasteiger partial charge >= 0.3 is 12.1 Å². The summed E-state index contributed by atoms with van der Waals surface area (Å²) < 4.78 is 17.8. The lowest BCUT2D eigenvalue weighted by Crippen LogP contribution is -2.55. The Balaban J connectivity index is 1.91. The second-order valence-corrected chi connectivity index (χ2v) is 13.0. The van der Waals surface area contributed by atoms with E-state index in [4.69, 9.17) is 14.2 Å². The van der Waals surface area contributed by atoms with Crippen LogP contribution < -0.4 is 4.74 Å². The summed E-state index contributed by atoms with van der Waals surface area (Å²) in [5.74, 6) is 0.0107. The maximum absolute atomic E-state index is 13.7. The first-order chi connectivity index (χ1) is 18.7. The lowest BCUT2D eigenvalue weighted by Gasteiger charge is -2.37. The lowest BCUT2D eigenvalue weighted by molar-refractivity contribution is -0.156. The highest BCUT2D eigenvalue weighted by Gasteiger charge is 2.49. The van der Waals surface area contributed by atoms with E-state index in [1.807, 2.05) is 58.0 Å². The predicted molar refractivity (Wildman–Crippen MR) is 150 cm³/mol. The molecule has 0 radical (unpaired) electrons. The summed E-state index contributed by atoms with van der Waals surface area (Å²) in [6, 6.07) is 9.86. The molecule has 0 bridgehead atoms. The maximum Gasteiger partial charge on any atom is 0.411 e. The molecule has 0 aliphatic carbocycles. The van der Waals surface area contributed by atoms with Crippen LogP contribution in [0.5, 0.6) is 5.75 Å². The zero-order valence-electron chi connectivity index (χ0n) is 25.0.